The Hall–Kier alpha value is -0.300. The van der Waals surface area contributed by atoms with Crippen molar-refractivity contribution in [2.75, 3.05) is 6.61 Å². The van der Waals surface area contributed by atoms with Gasteiger partial charge in [0.1, 0.15) is 0 Å². The highest BCUT2D eigenvalue weighted by Gasteiger charge is 1.45. The van der Waals surface area contributed by atoms with Gasteiger partial charge in [0.05, 0.1) is 9.35 Å². The molecular formula is C3H6O. The molecule has 0 aliphatic heterocycles. The monoisotopic (exact) mass is 60.1 g/mol. The third-order valence-electron chi connectivity index (χ3n) is 0.0913. The smallest absolute Gasteiger partial charge is 0.0609 e. The average molecular weight is 60.1 g/mol. The molecule has 0 heterocycles. The number of rotatable bonds is 1. The predicted molar refractivity (Wildman–Crippen MR) is 17.3 cm³/mol. The average Bonchev–Trinajstić information content (AvgIpc) is 1.35. The van der Waals surface area contributed by atoms with Crippen molar-refractivity contribution in [2.45, 2.75) is 0 Å². The predicted octanol–water partition coefficient (Wildman–Crippen LogP) is 0.165. The first-order valence-electron chi connectivity index (χ1n) is 2.01. The van der Waals surface area contributed by atoms with Crippen molar-refractivity contribution in [1.82, 2.24) is 0 Å². The molecule has 0 aromatic carbocycles. The van der Waals surface area contributed by atoms with E-state index in [-0.39, 0.29) is 13.1 Å². The molecule has 0 unspecified atom stereocenters. The molecule has 0 saturated carbocycles. The van der Waals surface area contributed by atoms with Crippen LogP contribution in [0.1, 0.15) is 2.74 Å². The highest BCUT2D eigenvalue weighted by atomic mass is 16.2. The van der Waals surface area contributed by atoms with Gasteiger partial charge in [0.2, 0.25) is 0 Å². The zero-order chi connectivity index (χ0) is 4.99. The molecule has 0 rings (SSSR count). The van der Waals surface area contributed by atoms with Gasteiger partial charge in [-0.15, -0.1) is 6.53 Å². The van der Waals surface area contributed by atoms with Crippen molar-refractivity contribution in [3.8, 4) is 0 Å². The Morgan fingerprint density at radius 3 is 3.25 bits per heavy atom. The fourth-order valence-corrected chi connectivity index (χ4v) is 0. The van der Waals surface area contributed by atoms with Crippen LogP contribution < -0.4 is 0 Å². The molecule has 4 heavy (non-hydrogen) atoms. The van der Waals surface area contributed by atoms with Gasteiger partial charge in [0.25, 0.3) is 0 Å². The normalized spacial score (nSPS) is 12.2. The lowest BCUT2D eigenvalue weighted by Crippen LogP contribution is -1.62. The zero-order valence-electron chi connectivity index (χ0n) is 4.23. The Labute approximate surface area is 28.4 Å². The fourth-order valence-electron chi connectivity index (χ4n) is 0. The van der Waals surface area contributed by atoms with Crippen LogP contribution >= 0.6 is 0 Å². The molecule has 0 aromatic heterocycles. The van der Waals surface area contributed by atoms with E-state index in [1.807, 2.05) is 0 Å². The second kappa shape index (κ2) is 2.70. The first-order chi connectivity index (χ1) is 2.77. The van der Waals surface area contributed by atoms with E-state index in [1.165, 1.54) is 0 Å². The molecule has 1 nitrogen and oxygen atoms in total. The lowest BCUT2D eigenvalue weighted by atomic mass is 10.7. The largest absolute Gasteiger partial charge is 0.392 e. The Morgan fingerprint density at radius 2 is 3.25 bits per heavy atom. The molecule has 0 bridgehead atoms. The molecule has 0 amide bonds. The summed E-state index contributed by atoms with van der Waals surface area (Å²) in [5, 5.41) is 7.92. The second-order valence-corrected chi connectivity index (χ2v) is 0.387. The van der Waals surface area contributed by atoms with E-state index >= 15 is 0 Å². The summed E-state index contributed by atoms with van der Waals surface area (Å²) >= 11 is 0. The van der Waals surface area contributed by atoms with Crippen molar-refractivity contribution in [3.63, 3.8) is 0 Å². The lowest BCUT2D eigenvalue weighted by molar-refractivity contribution is 0.343. The number of aliphatic hydroxyl groups excluding tert-OH is 1. The third kappa shape index (κ3) is 1.70. The zero-order valence-corrected chi connectivity index (χ0v) is 2.23. The van der Waals surface area contributed by atoms with E-state index in [2.05, 4.69) is 0 Å². The van der Waals surface area contributed by atoms with Crippen LogP contribution in [0.25, 0.3) is 0 Å². The molecule has 0 aromatic rings. The molecule has 0 saturated heterocycles. The highest BCUT2D eigenvalue weighted by Crippen LogP contribution is 1.46. The molecule has 0 aliphatic carbocycles. The minimum absolute atomic E-state index is 0.206. The summed E-state index contributed by atoms with van der Waals surface area (Å²) in [6, 6.07) is 0. The van der Waals surface area contributed by atoms with E-state index < -0.39 is 0 Å². The van der Waals surface area contributed by atoms with Crippen molar-refractivity contribution in [3.05, 3.63) is 12.6 Å². The summed E-state index contributed by atoms with van der Waals surface area (Å²) in [6.45, 7) is -0.542. The van der Waals surface area contributed by atoms with Gasteiger partial charge in [-0.1, -0.05) is 6.08 Å². The summed E-state index contributed by atoms with van der Waals surface area (Å²) in [4.78, 5) is 0. The second-order valence-electron chi connectivity index (χ2n) is 0.387. The molecule has 1 heteroatoms. The minimum atomic E-state index is -0.336. The van der Waals surface area contributed by atoms with Crippen LogP contribution in [0.3, 0.4) is 0 Å². The molecule has 0 fully saturated rings. The third-order valence-corrected chi connectivity index (χ3v) is 0.0913. The van der Waals surface area contributed by atoms with Crippen LogP contribution in [-0.2, 0) is 0 Å². The summed E-state index contributed by atoms with van der Waals surface area (Å²) in [7, 11) is 0. The van der Waals surface area contributed by atoms with Crippen LogP contribution in [0, 0.1) is 0 Å². The van der Waals surface area contributed by atoms with Gasteiger partial charge in [-0.25, -0.2) is 0 Å². The van der Waals surface area contributed by atoms with Gasteiger partial charge in [-0.2, -0.15) is 0 Å². The van der Waals surface area contributed by atoms with E-state index in [9.17, 15) is 0 Å². The van der Waals surface area contributed by atoms with Crippen molar-refractivity contribution in [2.24, 2.45) is 0 Å². The lowest BCUT2D eigenvalue weighted by Gasteiger charge is -1.60. The van der Waals surface area contributed by atoms with E-state index in [4.69, 9.17) is 7.85 Å². The number of hydrogen-bond acceptors (Lipinski definition) is 1. The number of hydrogen-bond donors (Lipinski definition) is 1. The van der Waals surface area contributed by atoms with Gasteiger partial charge in [0.15, 0.2) is 0 Å². The van der Waals surface area contributed by atoms with Gasteiger partial charge in [0, 0.05) is 0 Å². The van der Waals surface area contributed by atoms with Gasteiger partial charge < -0.3 is 5.11 Å². The minimum Gasteiger partial charge on any atom is -0.392 e. The van der Waals surface area contributed by atoms with Crippen molar-refractivity contribution < 1.29 is 7.85 Å². The Balaban J connectivity index is 3.14. The van der Waals surface area contributed by atoms with E-state index in [0.717, 1.165) is 6.08 Å². The summed E-state index contributed by atoms with van der Waals surface area (Å²) in [6.07, 6.45) is 1.10. The quantitative estimate of drug-likeness (QED) is 0.427. The Kier molecular flexibility index (Phi) is 0.824. The van der Waals surface area contributed by atoms with Crippen LogP contribution in [0.5, 0.6) is 0 Å². The first-order valence-corrected chi connectivity index (χ1v) is 1.01. The van der Waals surface area contributed by atoms with Gasteiger partial charge in [-0.05, 0) is 0 Å². The molecule has 1 N–H and O–H groups in total. The topological polar surface area (TPSA) is 20.2 Å². The highest BCUT2D eigenvalue weighted by molar-refractivity contribution is 4.60. The maximum Gasteiger partial charge on any atom is 0.0609 e. The molecular weight excluding hydrogens is 52.0 g/mol. The Bertz CT molecular complexity index is 55.8. The maximum atomic E-state index is 7.92. The summed E-state index contributed by atoms with van der Waals surface area (Å²) in [5.74, 6) is 0. The molecule has 0 radical (unpaired) electrons. The van der Waals surface area contributed by atoms with E-state index in [0.29, 0.717) is 0 Å². The summed E-state index contributed by atoms with van der Waals surface area (Å²) < 4.78 is 12.7. The van der Waals surface area contributed by atoms with Crippen LogP contribution in [0.15, 0.2) is 12.6 Å². The SMILES string of the molecule is [2H]C([2H])=CCO. The van der Waals surface area contributed by atoms with Gasteiger partial charge >= 0.3 is 0 Å². The Morgan fingerprint density at radius 1 is 2.50 bits per heavy atom. The van der Waals surface area contributed by atoms with Gasteiger partial charge in [-0.3, -0.25) is 0 Å². The van der Waals surface area contributed by atoms with E-state index in [1.54, 1.807) is 0 Å². The van der Waals surface area contributed by atoms with Crippen molar-refractivity contribution >= 4 is 0 Å². The molecule has 24 valence electrons. The fraction of sp³-hybridized carbons (Fsp3) is 0.333. The van der Waals surface area contributed by atoms with Crippen LogP contribution in [0.2, 0.25) is 0 Å². The first kappa shape index (κ1) is 1.22. The summed E-state index contributed by atoms with van der Waals surface area (Å²) in [5.41, 5.74) is 0. The van der Waals surface area contributed by atoms with Crippen LogP contribution in [-0.4, -0.2) is 11.7 Å². The standard InChI is InChI=1S/C3H6O/c1-2-3-4/h2,4H,1,3H2/i1D2. The number of aliphatic hydroxyl groups is 1. The molecule has 0 aliphatic rings. The molecule has 0 atom stereocenters. The maximum absolute atomic E-state index is 7.92. The molecule has 0 spiro atoms. The van der Waals surface area contributed by atoms with Crippen molar-refractivity contribution in [1.29, 1.82) is 0 Å². The van der Waals surface area contributed by atoms with Crippen LogP contribution in [0.4, 0.5) is 0 Å².